The Bertz CT molecular complexity index is 349. The number of ether oxygens (including phenoxy) is 1. The molecule has 0 spiro atoms. The molecule has 1 aliphatic carbocycles. The van der Waals surface area contributed by atoms with Crippen molar-refractivity contribution in [1.82, 2.24) is 5.32 Å². The van der Waals surface area contributed by atoms with E-state index in [4.69, 9.17) is 9.84 Å². The van der Waals surface area contributed by atoms with Crippen LogP contribution in [-0.4, -0.2) is 35.7 Å². The van der Waals surface area contributed by atoms with E-state index in [1.54, 1.807) is 0 Å². The van der Waals surface area contributed by atoms with Gasteiger partial charge in [0.2, 0.25) is 5.91 Å². The Balaban J connectivity index is 2.61. The van der Waals surface area contributed by atoms with Gasteiger partial charge in [0.15, 0.2) is 0 Å². The standard InChI is InChI=1S/C13H23NO4/c1-6-18-9-7-8(12(9,2)3)14-10(15)13(4,5)11(16)17/h8-9H,6-7H2,1-5H3,(H,14,15)(H,16,17). The topological polar surface area (TPSA) is 75.6 Å². The molecule has 1 amide bonds. The number of carboxylic acids is 1. The van der Waals surface area contributed by atoms with Crippen LogP contribution in [0.15, 0.2) is 0 Å². The summed E-state index contributed by atoms with van der Waals surface area (Å²) >= 11 is 0. The van der Waals surface area contributed by atoms with Gasteiger partial charge in [0.25, 0.3) is 0 Å². The van der Waals surface area contributed by atoms with Crippen LogP contribution < -0.4 is 5.32 Å². The van der Waals surface area contributed by atoms with E-state index < -0.39 is 17.3 Å². The van der Waals surface area contributed by atoms with E-state index in [1.165, 1.54) is 13.8 Å². The highest BCUT2D eigenvalue weighted by atomic mass is 16.5. The molecule has 2 atom stereocenters. The summed E-state index contributed by atoms with van der Waals surface area (Å²) in [5, 5.41) is 11.8. The molecule has 104 valence electrons. The number of rotatable bonds is 5. The maximum atomic E-state index is 11.9. The molecule has 18 heavy (non-hydrogen) atoms. The minimum atomic E-state index is -1.40. The fourth-order valence-corrected chi connectivity index (χ4v) is 2.05. The molecule has 0 bridgehead atoms. The molecule has 1 aliphatic rings. The van der Waals surface area contributed by atoms with Crippen LogP contribution in [-0.2, 0) is 14.3 Å². The van der Waals surface area contributed by atoms with Crippen molar-refractivity contribution in [1.29, 1.82) is 0 Å². The highest BCUT2D eigenvalue weighted by Crippen LogP contribution is 2.43. The van der Waals surface area contributed by atoms with Gasteiger partial charge >= 0.3 is 5.97 Å². The predicted octanol–water partition coefficient (Wildman–Crippen LogP) is 1.42. The Morgan fingerprint density at radius 3 is 2.39 bits per heavy atom. The first-order valence-electron chi connectivity index (χ1n) is 6.30. The monoisotopic (exact) mass is 257 g/mol. The highest BCUT2D eigenvalue weighted by molar-refractivity contribution is 6.01. The Hall–Kier alpha value is -1.10. The normalized spacial score (nSPS) is 26.3. The summed E-state index contributed by atoms with van der Waals surface area (Å²) in [4.78, 5) is 22.9. The number of nitrogens with one attached hydrogen (secondary N) is 1. The van der Waals surface area contributed by atoms with Crippen LogP contribution >= 0.6 is 0 Å². The van der Waals surface area contributed by atoms with Gasteiger partial charge in [-0.2, -0.15) is 0 Å². The molecular weight excluding hydrogens is 234 g/mol. The smallest absolute Gasteiger partial charge is 0.318 e. The molecule has 1 saturated carbocycles. The second-order valence-corrected chi connectivity index (χ2v) is 5.96. The number of carboxylic acid groups (broad SMARTS) is 1. The van der Waals surface area contributed by atoms with Gasteiger partial charge in [0.05, 0.1) is 6.10 Å². The zero-order chi connectivity index (χ0) is 14.1. The third kappa shape index (κ3) is 2.51. The zero-order valence-electron chi connectivity index (χ0n) is 11.7. The number of hydrogen-bond donors (Lipinski definition) is 2. The van der Waals surface area contributed by atoms with Gasteiger partial charge < -0.3 is 15.2 Å². The van der Waals surface area contributed by atoms with E-state index in [1.807, 2.05) is 20.8 Å². The zero-order valence-corrected chi connectivity index (χ0v) is 11.7. The number of amides is 1. The summed E-state index contributed by atoms with van der Waals surface area (Å²) in [6.07, 6.45) is 0.864. The first-order valence-corrected chi connectivity index (χ1v) is 6.30. The summed E-state index contributed by atoms with van der Waals surface area (Å²) in [7, 11) is 0. The highest BCUT2D eigenvalue weighted by Gasteiger charge is 2.51. The average molecular weight is 257 g/mol. The van der Waals surface area contributed by atoms with Crippen LogP contribution in [0.25, 0.3) is 0 Å². The lowest BCUT2D eigenvalue weighted by Crippen LogP contribution is -2.63. The van der Waals surface area contributed by atoms with Crippen LogP contribution in [0.1, 0.15) is 41.0 Å². The largest absolute Gasteiger partial charge is 0.480 e. The van der Waals surface area contributed by atoms with Gasteiger partial charge in [-0.1, -0.05) is 13.8 Å². The fraction of sp³-hybridized carbons (Fsp3) is 0.846. The molecule has 0 radical (unpaired) electrons. The third-order valence-corrected chi connectivity index (χ3v) is 3.95. The van der Waals surface area contributed by atoms with Gasteiger partial charge in [-0.05, 0) is 27.2 Å². The van der Waals surface area contributed by atoms with E-state index >= 15 is 0 Å². The lowest BCUT2D eigenvalue weighted by atomic mass is 9.64. The van der Waals surface area contributed by atoms with E-state index in [9.17, 15) is 9.59 Å². The molecule has 1 fully saturated rings. The van der Waals surface area contributed by atoms with Gasteiger partial charge in [-0.3, -0.25) is 9.59 Å². The number of carbonyl (C=O) groups excluding carboxylic acids is 1. The van der Waals surface area contributed by atoms with Gasteiger partial charge in [0.1, 0.15) is 5.41 Å². The van der Waals surface area contributed by atoms with Crippen LogP contribution in [0.4, 0.5) is 0 Å². The lowest BCUT2D eigenvalue weighted by Gasteiger charge is -2.52. The van der Waals surface area contributed by atoms with E-state index in [0.717, 1.165) is 6.42 Å². The number of hydrogen-bond acceptors (Lipinski definition) is 3. The summed E-state index contributed by atoms with van der Waals surface area (Å²) < 4.78 is 5.57. The van der Waals surface area contributed by atoms with Crippen molar-refractivity contribution in [3.63, 3.8) is 0 Å². The Labute approximate surface area is 108 Å². The molecule has 0 aromatic heterocycles. The molecule has 1 rings (SSSR count). The van der Waals surface area contributed by atoms with Crippen molar-refractivity contribution in [2.45, 2.75) is 53.2 Å². The number of carbonyl (C=O) groups is 2. The molecule has 0 saturated heterocycles. The first-order chi connectivity index (χ1) is 8.14. The third-order valence-electron chi connectivity index (χ3n) is 3.95. The van der Waals surface area contributed by atoms with Crippen molar-refractivity contribution in [3.8, 4) is 0 Å². The maximum Gasteiger partial charge on any atom is 0.318 e. The lowest BCUT2D eigenvalue weighted by molar-refractivity contribution is -0.157. The summed E-state index contributed by atoms with van der Waals surface area (Å²) in [5.41, 5.74) is -1.55. The van der Waals surface area contributed by atoms with Crippen LogP contribution in [0.3, 0.4) is 0 Å². The SMILES string of the molecule is CCOC1CC(NC(=O)C(C)(C)C(=O)O)C1(C)C. The summed E-state index contributed by atoms with van der Waals surface area (Å²) in [6.45, 7) is 9.46. The molecular formula is C13H23NO4. The first kappa shape index (κ1) is 15.0. The molecule has 0 aromatic carbocycles. The molecule has 0 heterocycles. The van der Waals surface area contributed by atoms with Crippen LogP contribution in [0.5, 0.6) is 0 Å². The Morgan fingerprint density at radius 2 is 2.00 bits per heavy atom. The van der Waals surface area contributed by atoms with E-state index in [2.05, 4.69) is 5.32 Å². The second-order valence-electron chi connectivity index (χ2n) is 5.96. The fourth-order valence-electron chi connectivity index (χ4n) is 2.05. The molecule has 0 aromatic rings. The van der Waals surface area contributed by atoms with Crippen molar-refractivity contribution in [2.75, 3.05) is 6.61 Å². The maximum absolute atomic E-state index is 11.9. The molecule has 2 N–H and O–H groups in total. The van der Waals surface area contributed by atoms with Crippen molar-refractivity contribution >= 4 is 11.9 Å². The molecule has 5 nitrogen and oxygen atoms in total. The van der Waals surface area contributed by atoms with Crippen LogP contribution in [0, 0.1) is 10.8 Å². The van der Waals surface area contributed by atoms with Crippen molar-refractivity contribution in [2.24, 2.45) is 10.8 Å². The second kappa shape index (κ2) is 4.88. The Morgan fingerprint density at radius 1 is 1.44 bits per heavy atom. The van der Waals surface area contributed by atoms with E-state index in [-0.39, 0.29) is 17.6 Å². The van der Waals surface area contributed by atoms with Crippen LogP contribution in [0.2, 0.25) is 0 Å². The Kier molecular flexibility index (Phi) is 4.05. The molecule has 5 heteroatoms. The minimum Gasteiger partial charge on any atom is -0.480 e. The minimum absolute atomic E-state index is 0.0276. The average Bonchev–Trinajstić information content (AvgIpc) is 2.27. The van der Waals surface area contributed by atoms with Crippen molar-refractivity contribution < 1.29 is 19.4 Å². The quantitative estimate of drug-likeness (QED) is 0.730. The van der Waals surface area contributed by atoms with Gasteiger partial charge in [-0.25, -0.2) is 0 Å². The number of aliphatic carboxylic acids is 1. The van der Waals surface area contributed by atoms with Gasteiger partial charge in [0, 0.05) is 18.1 Å². The molecule has 0 aliphatic heterocycles. The van der Waals surface area contributed by atoms with Crippen molar-refractivity contribution in [3.05, 3.63) is 0 Å². The molecule has 2 unspecified atom stereocenters. The van der Waals surface area contributed by atoms with Gasteiger partial charge in [-0.15, -0.1) is 0 Å². The van der Waals surface area contributed by atoms with E-state index in [0.29, 0.717) is 6.61 Å². The summed E-state index contributed by atoms with van der Waals surface area (Å²) in [6, 6.07) is -0.0276. The predicted molar refractivity (Wildman–Crippen MR) is 67.2 cm³/mol. The summed E-state index contributed by atoms with van der Waals surface area (Å²) in [5.74, 6) is -1.55.